The molecular formula is C14H25F3N4. The van der Waals surface area contributed by atoms with E-state index < -0.39 is 12.7 Å². The van der Waals surface area contributed by atoms with Crippen LogP contribution in [0.5, 0.6) is 0 Å². The number of nitrogens with zero attached hydrogens (tertiary/aromatic N) is 2. The first-order valence-corrected chi connectivity index (χ1v) is 7.75. The zero-order chi connectivity index (χ0) is 15.3. The predicted molar refractivity (Wildman–Crippen MR) is 77.4 cm³/mol. The smallest absolute Gasteiger partial charge is 0.354 e. The van der Waals surface area contributed by atoms with Crippen LogP contribution in [0.3, 0.4) is 0 Å². The summed E-state index contributed by atoms with van der Waals surface area (Å²) in [5, 5.41) is 6.65. The molecule has 1 saturated carbocycles. The first kappa shape index (κ1) is 16.4. The van der Waals surface area contributed by atoms with E-state index in [9.17, 15) is 13.2 Å². The normalized spacial score (nSPS) is 26.1. The minimum absolute atomic E-state index is 0.0436. The van der Waals surface area contributed by atoms with Crippen molar-refractivity contribution in [3.05, 3.63) is 0 Å². The molecule has 1 saturated heterocycles. The number of halogens is 3. The third kappa shape index (κ3) is 5.73. The van der Waals surface area contributed by atoms with E-state index in [0.717, 1.165) is 25.2 Å². The molecule has 1 unspecified atom stereocenters. The van der Waals surface area contributed by atoms with Crippen molar-refractivity contribution >= 4 is 5.96 Å². The Kier molecular flexibility index (Phi) is 5.72. The van der Waals surface area contributed by atoms with Gasteiger partial charge in [-0.2, -0.15) is 13.2 Å². The van der Waals surface area contributed by atoms with Crippen LogP contribution in [-0.4, -0.2) is 55.8 Å². The van der Waals surface area contributed by atoms with Crippen molar-refractivity contribution in [3.63, 3.8) is 0 Å². The van der Waals surface area contributed by atoms with Gasteiger partial charge in [0.05, 0.1) is 6.54 Å². The van der Waals surface area contributed by atoms with E-state index in [2.05, 4.69) is 15.6 Å². The summed E-state index contributed by atoms with van der Waals surface area (Å²) < 4.78 is 37.1. The summed E-state index contributed by atoms with van der Waals surface area (Å²) in [5.74, 6) is 0.723. The van der Waals surface area contributed by atoms with E-state index in [-0.39, 0.29) is 6.04 Å². The van der Waals surface area contributed by atoms with Gasteiger partial charge in [-0.1, -0.05) is 19.3 Å². The molecule has 7 heteroatoms. The van der Waals surface area contributed by atoms with E-state index in [1.54, 1.807) is 7.05 Å². The van der Waals surface area contributed by atoms with E-state index in [1.807, 2.05) is 0 Å². The molecule has 2 fully saturated rings. The van der Waals surface area contributed by atoms with Gasteiger partial charge < -0.3 is 10.6 Å². The number of alkyl halides is 3. The van der Waals surface area contributed by atoms with Crippen molar-refractivity contribution in [1.29, 1.82) is 0 Å². The van der Waals surface area contributed by atoms with Gasteiger partial charge >= 0.3 is 6.18 Å². The monoisotopic (exact) mass is 306 g/mol. The molecule has 4 nitrogen and oxygen atoms in total. The zero-order valence-electron chi connectivity index (χ0n) is 12.5. The van der Waals surface area contributed by atoms with Gasteiger partial charge in [0.15, 0.2) is 5.96 Å². The topological polar surface area (TPSA) is 39.7 Å². The highest BCUT2D eigenvalue weighted by Crippen LogP contribution is 2.20. The average Bonchev–Trinajstić information content (AvgIpc) is 2.84. The fourth-order valence-electron chi connectivity index (χ4n) is 3.15. The molecule has 1 aliphatic heterocycles. The second kappa shape index (κ2) is 7.33. The fraction of sp³-hybridized carbons (Fsp3) is 0.929. The van der Waals surface area contributed by atoms with Gasteiger partial charge in [0, 0.05) is 32.2 Å². The summed E-state index contributed by atoms with van der Waals surface area (Å²) in [6.45, 7) is 0.0856. The molecule has 1 aliphatic carbocycles. The van der Waals surface area contributed by atoms with Crippen molar-refractivity contribution in [3.8, 4) is 0 Å². The van der Waals surface area contributed by atoms with Crippen LogP contribution >= 0.6 is 0 Å². The van der Waals surface area contributed by atoms with Crippen LogP contribution in [0.15, 0.2) is 4.99 Å². The van der Waals surface area contributed by atoms with Gasteiger partial charge in [-0.25, -0.2) is 0 Å². The van der Waals surface area contributed by atoms with Gasteiger partial charge in [0.2, 0.25) is 0 Å². The lowest BCUT2D eigenvalue weighted by Crippen LogP contribution is -2.48. The van der Waals surface area contributed by atoms with Crippen LogP contribution in [-0.2, 0) is 0 Å². The molecule has 1 heterocycles. The standard InChI is InChI=1S/C14H25F3N4/c1-18-13(19-11-5-3-2-4-6-11)20-12-7-8-21(9-12)10-14(15,16)17/h11-12H,2-10H2,1H3,(H2,18,19,20). The molecule has 0 bridgehead atoms. The van der Waals surface area contributed by atoms with Crippen molar-refractivity contribution < 1.29 is 13.2 Å². The molecule has 122 valence electrons. The van der Waals surface area contributed by atoms with Crippen LogP contribution in [0.1, 0.15) is 38.5 Å². The third-order valence-corrected chi connectivity index (χ3v) is 4.19. The Morgan fingerprint density at radius 1 is 1.10 bits per heavy atom. The number of rotatable bonds is 3. The number of hydrogen-bond acceptors (Lipinski definition) is 2. The highest BCUT2D eigenvalue weighted by atomic mass is 19.4. The largest absolute Gasteiger partial charge is 0.401 e. The van der Waals surface area contributed by atoms with E-state index in [1.165, 1.54) is 24.2 Å². The molecule has 0 aromatic rings. The Bertz CT molecular complexity index is 351. The number of nitrogens with one attached hydrogen (secondary N) is 2. The van der Waals surface area contributed by atoms with Gasteiger partial charge in [-0.3, -0.25) is 9.89 Å². The van der Waals surface area contributed by atoms with Gasteiger partial charge in [0.25, 0.3) is 0 Å². The van der Waals surface area contributed by atoms with Crippen LogP contribution in [0.2, 0.25) is 0 Å². The van der Waals surface area contributed by atoms with Crippen LogP contribution in [0.4, 0.5) is 13.2 Å². The number of aliphatic imine (C=N–C) groups is 1. The Morgan fingerprint density at radius 2 is 1.76 bits per heavy atom. The molecule has 1 atom stereocenters. The van der Waals surface area contributed by atoms with Crippen LogP contribution < -0.4 is 10.6 Å². The molecule has 0 aromatic carbocycles. The molecule has 2 aliphatic rings. The molecule has 2 N–H and O–H groups in total. The number of likely N-dealkylation sites (tertiary alicyclic amines) is 1. The highest BCUT2D eigenvalue weighted by Gasteiger charge is 2.34. The lowest BCUT2D eigenvalue weighted by atomic mass is 9.96. The maximum absolute atomic E-state index is 12.4. The van der Waals surface area contributed by atoms with E-state index in [4.69, 9.17) is 0 Å². The summed E-state index contributed by atoms with van der Waals surface area (Å²) in [5.41, 5.74) is 0. The Labute approximate surface area is 124 Å². The maximum atomic E-state index is 12.4. The fourth-order valence-corrected chi connectivity index (χ4v) is 3.15. The Balaban J connectivity index is 1.75. The quantitative estimate of drug-likeness (QED) is 0.620. The Hall–Kier alpha value is -0.980. The van der Waals surface area contributed by atoms with Gasteiger partial charge in [0.1, 0.15) is 0 Å². The molecule has 21 heavy (non-hydrogen) atoms. The SMILES string of the molecule is CN=C(NC1CCCCC1)NC1CCN(CC(F)(F)F)C1. The van der Waals surface area contributed by atoms with Crippen LogP contribution in [0.25, 0.3) is 0 Å². The second-order valence-corrected chi connectivity index (χ2v) is 6.03. The second-order valence-electron chi connectivity index (χ2n) is 6.03. The summed E-state index contributed by atoms with van der Waals surface area (Å²) in [4.78, 5) is 5.65. The van der Waals surface area contributed by atoms with Crippen molar-refractivity contribution in [2.45, 2.75) is 56.8 Å². The maximum Gasteiger partial charge on any atom is 0.401 e. The summed E-state index contributed by atoms with van der Waals surface area (Å²) in [6.07, 6.45) is 2.66. The molecule has 0 aromatic heterocycles. The molecule has 0 spiro atoms. The average molecular weight is 306 g/mol. The van der Waals surface area contributed by atoms with Gasteiger partial charge in [-0.15, -0.1) is 0 Å². The number of guanidine groups is 1. The molecule has 0 amide bonds. The molecule has 2 rings (SSSR count). The van der Waals surface area contributed by atoms with E-state index in [0.29, 0.717) is 19.1 Å². The van der Waals surface area contributed by atoms with Gasteiger partial charge in [-0.05, 0) is 19.3 Å². The highest BCUT2D eigenvalue weighted by molar-refractivity contribution is 5.80. The minimum atomic E-state index is -4.11. The first-order valence-electron chi connectivity index (χ1n) is 7.75. The van der Waals surface area contributed by atoms with Crippen LogP contribution in [0, 0.1) is 0 Å². The predicted octanol–water partition coefficient (Wildman–Crippen LogP) is 2.12. The third-order valence-electron chi connectivity index (χ3n) is 4.19. The summed E-state index contributed by atoms with van der Waals surface area (Å²) >= 11 is 0. The minimum Gasteiger partial charge on any atom is -0.354 e. The van der Waals surface area contributed by atoms with Crippen molar-refractivity contribution in [2.24, 2.45) is 4.99 Å². The first-order chi connectivity index (χ1) is 9.96. The summed E-state index contributed by atoms with van der Waals surface area (Å²) in [6, 6.07) is 0.486. The Morgan fingerprint density at radius 3 is 2.38 bits per heavy atom. The van der Waals surface area contributed by atoms with E-state index >= 15 is 0 Å². The molecular weight excluding hydrogens is 281 g/mol. The van der Waals surface area contributed by atoms with Crippen molar-refractivity contribution in [1.82, 2.24) is 15.5 Å². The lowest BCUT2D eigenvalue weighted by molar-refractivity contribution is -0.143. The molecule has 0 radical (unpaired) electrons. The zero-order valence-corrected chi connectivity index (χ0v) is 12.5. The lowest BCUT2D eigenvalue weighted by Gasteiger charge is -2.26. The summed E-state index contributed by atoms with van der Waals surface area (Å²) in [7, 11) is 1.71. The number of hydrogen-bond donors (Lipinski definition) is 2. The van der Waals surface area contributed by atoms with Crippen molar-refractivity contribution in [2.75, 3.05) is 26.7 Å².